The predicted octanol–water partition coefficient (Wildman–Crippen LogP) is 3.09. The summed E-state index contributed by atoms with van der Waals surface area (Å²) >= 11 is 0. The van der Waals surface area contributed by atoms with Gasteiger partial charge >= 0.3 is 5.97 Å². The van der Waals surface area contributed by atoms with Gasteiger partial charge in [0, 0.05) is 18.2 Å². The number of alkyl halides is 2. The van der Waals surface area contributed by atoms with Gasteiger partial charge in [-0.3, -0.25) is 9.59 Å². The molecule has 2 heterocycles. The van der Waals surface area contributed by atoms with Crippen LogP contribution in [0.25, 0.3) is 0 Å². The van der Waals surface area contributed by atoms with E-state index in [1.54, 1.807) is 0 Å². The summed E-state index contributed by atoms with van der Waals surface area (Å²) in [6, 6.07) is 2.28. The molecule has 3 fully saturated rings. The number of fused-ring (bicyclic) bond motifs is 3. The van der Waals surface area contributed by atoms with E-state index < -0.39 is 41.6 Å². The summed E-state index contributed by atoms with van der Waals surface area (Å²) in [6.07, 6.45) is -0.859. The molecule has 124 valence electrons. The van der Waals surface area contributed by atoms with Crippen molar-refractivity contribution < 1.29 is 27.9 Å². The maximum atomic E-state index is 14.0. The number of aliphatic carboxylic acids is 1. The highest BCUT2D eigenvalue weighted by Gasteiger charge is 2.46. The zero-order chi connectivity index (χ0) is 16.7. The molecule has 2 saturated heterocycles. The second kappa shape index (κ2) is 5.86. The van der Waals surface area contributed by atoms with Crippen LogP contribution < -0.4 is 0 Å². The molecule has 4 rings (SSSR count). The molecule has 0 aromatic heterocycles. The first-order valence-electron chi connectivity index (χ1n) is 7.50. The average molecular weight is 327 g/mol. The van der Waals surface area contributed by atoms with Gasteiger partial charge in [-0.15, -0.1) is 0 Å². The van der Waals surface area contributed by atoms with Crippen LogP contribution in [-0.2, 0) is 4.79 Å². The second-order valence-corrected chi connectivity index (χ2v) is 6.19. The van der Waals surface area contributed by atoms with Crippen molar-refractivity contribution in [2.24, 2.45) is 11.8 Å². The Morgan fingerprint density at radius 2 is 2.00 bits per heavy atom. The van der Waals surface area contributed by atoms with Crippen molar-refractivity contribution in [3.05, 3.63) is 35.1 Å². The zero-order valence-electron chi connectivity index (χ0n) is 12.2. The molecule has 1 aromatic rings. The van der Waals surface area contributed by atoms with E-state index >= 15 is 0 Å². The molecule has 1 N–H and O–H groups in total. The Hall–Kier alpha value is -2.05. The fourth-order valence-corrected chi connectivity index (χ4v) is 3.69. The molecule has 2 aliphatic heterocycles. The van der Waals surface area contributed by atoms with Crippen LogP contribution in [0.3, 0.4) is 0 Å². The summed E-state index contributed by atoms with van der Waals surface area (Å²) < 4.78 is 39.2. The van der Waals surface area contributed by atoms with Crippen molar-refractivity contribution >= 4 is 11.9 Å². The Kier molecular flexibility index (Phi) is 4.04. The molecule has 3 aliphatic rings. The van der Waals surface area contributed by atoms with Gasteiger partial charge in [0.15, 0.2) is 0 Å². The number of carbonyl (C=O) groups is 2. The Bertz CT molecular complexity index is 649. The Morgan fingerprint density at radius 1 is 1.26 bits per heavy atom. The number of hydrogen-bond donors (Lipinski definition) is 1. The van der Waals surface area contributed by atoms with Gasteiger partial charge in [-0.1, -0.05) is 6.07 Å². The number of halogens is 3. The van der Waals surface area contributed by atoms with Gasteiger partial charge in [0.25, 0.3) is 12.3 Å². The molecule has 23 heavy (non-hydrogen) atoms. The number of hydrogen-bond acceptors (Lipinski definition) is 2. The van der Waals surface area contributed by atoms with Gasteiger partial charge in [0.2, 0.25) is 0 Å². The molecular weight excluding hydrogens is 311 g/mol. The van der Waals surface area contributed by atoms with Crippen LogP contribution in [0, 0.1) is 17.7 Å². The minimum atomic E-state index is -2.81. The first-order valence-corrected chi connectivity index (χ1v) is 7.50. The zero-order valence-corrected chi connectivity index (χ0v) is 12.2. The fourth-order valence-electron chi connectivity index (χ4n) is 3.69. The van der Waals surface area contributed by atoms with E-state index in [0.29, 0.717) is 25.5 Å². The molecule has 7 heteroatoms. The van der Waals surface area contributed by atoms with E-state index in [4.69, 9.17) is 0 Å². The van der Waals surface area contributed by atoms with Gasteiger partial charge in [0.1, 0.15) is 5.82 Å². The standard InChI is InChI=1S/C16H16F3NO3/c17-12-6-9(14(18)19)2-3-10(12)15(21)20-7-8-1-4-13(20)11(5-8)16(22)23/h2-3,6,8,11,13-14H,1,4-5,7H2,(H,22,23). The lowest BCUT2D eigenvalue weighted by molar-refractivity contribution is -0.148. The number of piperidine rings is 2. The lowest BCUT2D eigenvalue weighted by Gasteiger charge is -2.48. The summed E-state index contributed by atoms with van der Waals surface area (Å²) in [7, 11) is 0. The molecule has 4 nitrogen and oxygen atoms in total. The predicted molar refractivity (Wildman–Crippen MR) is 74.6 cm³/mol. The number of carboxylic acids is 1. The van der Waals surface area contributed by atoms with Crippen LogP contribution in [-0.4, -0.2) is 34.5 Å². The third-order valence-electron chi connectivity index (χ3n) is 4.83. The van der Waals surface area contributed by atoms with Crippen molar-refractivity contribution in [3.63, 3.8) is 0 Å². The van der Waals surface area contributed by atoms with Gasteiger partial charge in [-0.05, 0) is 37.3 Å². The van der Waals surface area contributed by atoms with Crippen LogP contribution >= 0.6 is 0 Å². The minimum absolute atomic E-state index is 0.0912. The van der Waals surface area contributed by atoms with Crippen LogP contribution in [0.4, 0.5) is 13.2 Å². The number of benzene rings is 1. The average Bonchev–Trinajstić information content (AvgIpc) is 2.54. The highest BCUT2D eigenvalue weighted by Crippen LogP contribution is 2.40. The molecule has 3 atom stereocenters. The van der Waals surface area contributed by atoms with Crippen LogP contribution in [0.5, 0.6) is 0 Å². The molecule has 2 bridgehead atoms. The highest BCUT2D eigenvalue weighted by atomic mass is 19.3. The Labute approximate surface area is 130 Å². The Balaban J connectivity index is 1.87. The highest BCUT2D eigenvalue weighted by molar-refractivity contribution is 5.95. The summed E-state index contributed by atoms with van der Waals surface area (Å²) in [5, 5.41) is 9.29. The van der Waals surface area contributed by atoms with E-state index in [0.717, 1.165) is 18.6 Å². The van der Waals surface area contributed by atoms with E-state index in [1.807, 2.05) is 0 Å². The smallest absolute Gasteiger partial charge is 0.308 e. The summed E-state index contributed by atoms with van der Waals surface area (Å²) in [5.41, 5.74) is -0.770. The lowest BCUT2D eigenvalue weighted by atomic mass is 9.72. The van der Waals surface area contributed by atoms with Crippen LogP contribution in [0.1, 0.15) is 41.6 Å². The second-order valence-electron chi connectivity index (χ2n) is 6.19. The molecular formula is C16H16F3NO3. The normalized spacial score (nSPS) is 26.6. The maximum Gasteiger partial charge on any atom is 0.308 e. The number of amides is 1. The van der Waals surface area contributed by atoms with Crippen molar-refractivity contribution in [2.45, 2.75) is 31.7 Å². The summed E-state index contributed by atoms with van der Waals surface area (Å²) in [5.74, 6) is -3.13. The van der Waals surface area contributed by atoms with Crippen molar-refractivity contribution in [3.8, 4) is 0 Å². The molecule has 0 spiro atoms. The summed E-state index contributed by atoms with van der Waals surface area (Å²) in [6.45, 7) is 0.392. The molecule has 3 unspecified atom stereocenters. The number of nitrogens with zero attached hydrogens (tertiary/aromatic N) is 1. The quantitative estimate of drug-likeness (QED) is 0.928. The van der Waals surface area contributed by atoms with Gasteiger partial charge in [-0.2, -0.15) is 0 Å². The van der Waals surface area contributed by atoms with Crippen molar-refractivity contribution in [2.75, 3.05) is 6.54 Å². The van der Waals surface area contributed by atoms with Crippen molar-refractivity contribution in [1.29, 1.82) is 0 Å². The number of carboxylic acid groups (broad SMARTS) is 1. The number of rotatable bonds is 3. The van der Waals surface area contributed by atoms with Gasteiger partial charge < -0.3 is 10.0 Å². The maximum absolute atomic E-state index is 14.0. The van der Waals surface area contributed by atoms with E-state index in [-0.39, 0.29) is 11.5 Å². The molecule has 1 amide bonds. The minimum Gasteiger partial charge on any atom is -0.481 e. The van der Waals surface area contributed by atoms with Gasteiger partial charge in [0.05, 0.1) is 11.5 Å². The van der Waals surface area contributed by atoms with Gasteiger partial charge in [-0.25, -0.2) is 13.2 Å². The lowest BCUT2D eigenvalue weighted by Crippen LogP contribution is -2.57. The first kappa shape index (κ1) is 15.8. The molecule has 1 aliphatic carbocycles. The van der Waals surface area contributed by atoms with E-state index in [1.165, 1.54) is 4.90 Å². The molecule has 0 radical (unpaired) electrons. The van der Waals surface area contributed by atoms with E-state index in [9.17, 15) is 27.9 Å². The van der Waals surface area contributed by atoms with E-state index in [2.05, 4.69) is 0 Å². The fraction of sp³-hybridized carbons (Fsp3) is 0.500. The number of carbonyl (C=O) groups excluding carboxylic acids is 1. The Morgan fingerprint density at radius 3 is 2.57 bits per heavy atom. The largest absolute Gasteiger partial charge is 0.481 e. The third kappa shape index (κ3) is 2.80. The molecule has 1 saturated carbocycles. The molecule has 1 aromatic carbocycles. The topological polar surface area (TPSA) is 57.6 Å². The van der Waals surface area contributed by atoms with Crippen LogP contribution in [0.15, 0.2) is 18.2 Å². The van der Waals surface area contributed by atoms with Crippen molar-refractivity contribution in [1.82, 2.24) is 4.90 Å². The SMILES string of the molecule is O=C(O)C1CC2CCC1N(C(=O)c1ccc(C(F)F)cc1F)C2. The monoisotopic (exact) mass is 327 g/mol. The summed E-state index contributed by atoms with van der Waals surface area (Å²) in [4.78, 5) is 25.3. The first-order chi connectivity index (χ1) is 10.9. The van der Waals surface area contributed by atoms with Crippen LogP contribution in [0.2, 0.25) is 0 Å². The third-order valence-corrected chi connectivity index (χ3v) is 4.83.